The highest BCUT2D eigenvalue weighted by atomic mass is 28.4. The minimum absolute atomic E-state index is 0.223. The number of hydrogen-bond acceptors (Lipinski definition) is 2. The van der Waals surface area contributed by atoms with Gasteiger partial charge in [0.2, 0.25) is 0 Å². The molecule has 0 radical (unpaired) electrons. The second kappa shape index (κ2) is 6.86. The number of benzene rings is 1. The van der Waals surface area contributed by atoms with Crippen LogP contribution in [-0.2, 0) is 4.43 Å². The van der Waals surface area contributed by atoms with E-state index in [1.165, 1.54) is 5.56 Å². The van der Waals surface area contributed by atoms with Crippen molar-refractivity contribution in [3.63, 3.8) is 0 Å². The van der Waals surface area contributed by atoms with Gasteiger partial charge in [-0.15, -0.1) is 0 Å². The van der Waals surface area contributed by atoms with Crippen LogP contribution in [0.25, 0.3) is 0 Å². The maximum Gasteiger partial charge on any atom is 0.192 e. The van der Waals surface area contributed by atoms with E-state index >= 15 is 0 Å². The van der Waals surface area contributed by atoms with E-state index in [9.17, 15) is 5.11 Å². The molecule has 0 saturated heterocycles. The molecule has 0 spiro atoms. The fourth-order valence-electron chi connectivity index (χ4n) is 3.30. The first-order valence-electron chi connectivity index (χ1n) is 8.60. The van der Waals surface area contributed by atoms with E-state index in [2.05, 4.69) is 64.2 Å². The molecule has 22 heavy (non-hydrogen) atoms. The van der Waals surface area contributed by atoms with Gasteiger partial charge in [0.25, 0.3) is 0 Å². The maximum atomic E-state index is 9.85. The Balaban J connectivity index is 2.27. The van der Waals surface area contributed by atoms with Gasteiger partial charge in [0.15, 0.2) is 8.32 Å². The van der Waals surface area contributed by atoms with Gasteiger partial charge >= 0.3 is 0 Å². The van der Waals surface area contributed by atoms with E-state index in [1.54, 1.807) is 0 Å². The molecule has 1 N–H and O–H groups in total. The predicted molar refractivity (Wildman–Crippen MR) is 95.7 cm³/mol. The Hall–Kier alpha value is -0.643. The van der Waals surface area contributed by atoms with E-state index < -0.39 is 8.32 Å². The largest absolute Gasteiger partial charge is 0.413 e. The second-order valence-electron chi connectivity index (χ2n) is 8.23. The van der Waals surface area contributed by atoms with E-state index in [1.807, 2.05) is 0 Å². The molecule has 1 unspecified atom stereocenters. The molecule has 1 aliphatic rings. The van der Waals surface area contributed by atoms with Crippen LogP contribution in [0.1, 0.15) is 51.5 Å². The summed E-state index contributed by atoms with van der Waals surface area (Å²) in [5.41, 5.74) is 1.32. The molecule has 1 fully saturated rings. The van der Waals surface area contributed by atoms with Crippen LogP contribution in [0.3, 0.4) is 0 Å². The minimum atomic E-state index is -1.79. The van der Waals surface area contributed by atoms with Gasteiger partial charge in [0.05, 0.1) is 6.10 Å². The Morgan fingerprint density at radius 1 is 1.14 bits per heavy atom. The van der Waals surface area contributed by atoms with Crippen LogP contribution in [0.4, 0.5) is 0 Å². The lowest BCUT2D eigenvalue weighted by atomic mass is 9.74. The Morgan fingerprint density at radius 3 is 2.32 bits per heavy atom. The first-order valence-corrected chi connectivity index (χ1v) is 11.5. The fraction of sp³-hybridized carbons (Fsp3) is 0.684. The highest BCUT2D eigenvalue weighted by molar-refractivity contribution is 6.74. The average Bonchev–Trinajstić information content (AvgIpc) is 2.46. The van der Waals surface area contributed by atoms with Crippen molar-refractivity contribution in [1.29, 1.82) is 0 Å². The Morgan fingerprint density at radius 2 is 1.77 bits per heavy atom. The maximum absolute atomic E-state index is 9.85. The lowest BCUT2D eigenvalue weighted by Crippen LogP contribution is -2.47. The van der Waals surface area contributed by atoms with Gasteiger partial charge in [-0.2, -0.15) is 0 Å². The molecule has 3 atom stereocenters. The predicted octanol–water partition coefficient (Wildman–Crippen LogP) is 4.95. The molecule has 1 aromatic carbocycles. The summed E-state index contributed by atoms with van der Waals surface area (Å²) in [5, 5.41) is 10.1. The lowest BCUT2D eigenvalue weighted by molar-refractivity contribution is 0.0566. The Labute approximate surface area is 137 Å². The zero-order valence-corrected chi connectivity index (χ0v) is 15.8. The number of rotatable bonds is 4. The summed E-state index contributed by atoms with van der Waals surface area (Å²) in [5.74, 6) is 0.653. The van der Waals surface area contributed by atoms with Crippen LogP contribution in [0, 0.1) is 5.92 Å². The second-order valence-corrected chi connectivity index (χ2v) is 13.0. The van der Waals surface area contributed by atoms with Crippen molar-refractivity contribution in [3.8, 4) is 0 Å². The molecule has 0 heterocycles. The molecule has 1 aromatic rings. The first kappa shape index (κ1) is 17.7. The van der Waals surface area contributed by atoms with Crippen molar-refractivity contribution in [2.24, 2.45) is 5.92 Å². The van der Waals surface area contributed by atoms with Crippen molar-refractivity contribution in [1.82, 2.24) is 0 Å². The molecule has 2 rings (SSSR count). The summed E-state index contributed by atoms with van der Waals surface area (Å²) in [6.45, 7) is 11.8. The van der Waals surface area contributed by atoms with Crippen LogP contribution in [0.2, 0.25) is 18.1 Å². The summed E-state index contributed by atoms with van der Waals surface area (Å²) in [7, 11) is -1.79. The molecular weight excluding hydrogens is 288 g/mol. The normalized spacial score (nSPS) is 26.9. The monoisotopic (exact) mass is 320 g/mol. The SMILES string of the molecule is CC(C)(C)[Si](C)(C)O[C@@H]1CCCC(CO)[C@H]1c1ccccc1. The number of aliphatic hydroxyl groups excluding tert-OH is 1. The molecule has 1 saturated carbocycles. The topological polar surface area (TPSA) is 29.5 Å². The molecule has 0 bridgehead atoms. The van der Waals surface area contributed by atoms with Crippen molar-refractivity contribution < 1.29 is 9.53 Å². The first-order chi connectivity index (χ1) is 10.3. The number of hydrogen-bond donors (Lipinski definition) is 1. The third-order valence-corrected chi connectivity index (χ3v) is 10.1. The van der Waals surface area contributed by atoms with Gasteiger partial charge in [0.1, 0.15) is 0 Å². The molecule has 0 aromatic heterocycles. The van der Waals surface area contributed by atoms with E-state index in [0.29, 0.717) is 11.8 Å². The standard InChI is InChI=1S/C19H32O2Si/c1-19(2,3)22(4,5)21-17-13-9-12-16(14-20)18(17)15-10-7-6-8-11-15/h6-8,10-11,16-18,20H,9,12-14H2,1-5H3/t16?,17-,18-/m1/s1. The molecule has 1 aliphatic carbocycles. The molecule has 0 amide bonds. The van der Waals surface area contributed by atoms with Crippen molar-refractivity contribution in [2.75, 3.05) is 6.61 Å². The summed E-state index contributed by atoms with van der Waals surface area (Å²) in [4.78, 5) is 0. The van der Waals surface area contributed by atoms with Crippen LogP contribution in [0.15, 0.2) is 30.3 Å². The molecule has 124 valence electrons. The third kappa shape index (κ3) is 3.81. The summed E-state index contributed by atoms with van der Waals surface area (Å²) in [6, 6.07) is 10.6. The van der Waals surface area contributed by atoms with Gasteiger partial charge in [0, 0.05) is 12.5 Å². The van der Waals surface area contributed by atoms with Crippen LogP contribution in [-0.4, -0.2) is 26.1 Å². The van der Waals surface area contributed by atoms with Crippen molar-refractivity contribution in [2.45, 2.75) is 70.2 Å². The molecule has 0 aliphatic heterocycles. The Kier molecular flexibility index (Phi) is 5.52. The van der Waals surface area contributed by atoms with Gasteiger partial charge < -0.3 is 9.53 Å². The lowest BCUT2D eigenvalue weighted by Gasteiger charge is -2.45. The highest BCUT2D eigenvalue weighted by Crippen LogP contribution is 2.44. The fourth-order valence-corrected chi connectivity index (χ4v) is 4.67. The van der Waals surface area contributed by atoms with Crippen LogP contribution >= 0.6 is 0 Å². The smallest absolute Gasteiger partial charge is 0.192 e. The van der Waals surface area contributed by atoms with E-state index in [0.717, 1.165) is 19.3 Å². The summed E-state index contributed by atoms with van der Waals surface area (Å²) < 4.78 is 6.77. The molecular formula is C19H32O2Si. The third-order valence-electron chi connectivity index (χ3n) is 5.64. The zero-order chi connectivity index (χ0) is 16.4. The Bertz CT molecular complexity index is 464. The summed E-state index contributed by atoms with van der Waals surface area (Å²) >= 11 is 0. The van der Waals surface area contributed by atoms with Crippen molar-refractivity contribution >= 4 is 8.32 Å². The van der Waals surface area contributed by atoms with Gasteiger partial charge in [-0.3, -0.25) is 0 Å². The van der Waals surface area contributed by atoms with E-state index in [-0.39, 0.29) is 17.7 Å². The van der Waals surface area contributed by atoms with Gasteiger partial charge in [-0.05, 0) is 42.5 Å². The van der Waals surface area contributed by atoms with Crippen molar-refractivity contribution in [3.05, 3.63) is 35.9 Å². The summed E-state index contributed by atoms with van der Waals surface area (Å²) in [6.07, 6.45) is 3.62. The quantitative estimate of drug-likeness (QED) is 0.795. The van der Waals surface area contributed by atoms with Gasteiger partial charge in [-0.25, -0.2) is 0 Å². The zero-order valence-electron chi connectivity index (χ0n) is 14.8. The van der Waals surface area contributed by atoms with E-state index in [4.69, 9.17) is 4.43 Å². The molecule has 2 nitrogen and oxygen atoms in total. The molecule has 3 heteroatoms. The minimum Gasteiger partial charge on any atom is -0.413 e. The van der Waals surface area contributed by atoms with Gasteiger partial charge in [-0.1, -0.05) is 57.5 Å². The average molecular weight is 321 g/mol. The highest BCUT2D eigenvalue weighted by Gasteiger charge is 2.43. The van der Waals surface area contributed by atoms with Crippen LogP contribution in [0.5, 0.6) is 0 Å². The number of aliphatic hydroxyl groups is 1. The van der Waals surface area contributed by atoms with Crippen LogP contribution < -0.4 is 0 Å².